The normalized spacial score (nSPS) is 22.1. The van der Waals surface area contributed by atoms with Gasteiger partial charge < -0.3 is 34.6 Å². The Balaban J connectivity index is 2.09. The number of aliphatic hydroxyl groups excluding tert-OH is 4. The summed E-state index contributed by atoms with van der Waals surface area (Å²) in [5.74, 6) is 0.382. The van der Waals surface area contributed by atoms with E-state index in [-0.39, 0.29) is 19.6 Å². The number of carbonyl (C=O) groups is 1. The van der Waals surface area contributed by atoms with Gasteiger partial charge >= 0.3 is 5.97 Å². The van der Waals surface area contributed by atoms with Crippen molar-refractivity contribution in [1.29, 1.82) is 0 Å². The molecule has 7 atom stereocenters. The maximum Gasteiger partial charge on any atom is 0.306 e. The first-order chi connectivity index (χ1) is 23.8. The fourth-order valence-corrected chi connectivity index (χ4v) is 6.94. The zero-order valence-electron chi connectivity index (χ0n) is 32.2. The van der Waals surface area contributed by atoms with E-state index in [0.29, 0.717) is 13.0 Å². The van der Waals surface area contributed by atoms with Crippen molar-refractivity contribution in [2.75, 3.05) is 19.8 Å². The predicted octanol–water partition coefficient (Wildman–Crippen LogP) is 8.97. The zero-order valence-corrected chi connectivity index (χ0v) is 32.2. The van der Waals surface area contributed by atoms with Gasteiger partial charge in [0.1, 0.15) is 30.5 Å². The Labute approximate surface area is 301 Å². The van der Waals surface area contributed by atoms with Crippen molar-refractivity contribution in [3.8, 4) is 0 Å². The number of hydrogen-bond acceptors (Lipinski definition) is 8. The van der Waals surface area contributed by atoms with Crippen molar-refractivity contribution in [3.63, 3.8) is 0 Å². The number of rotatable bonds is 35. The molecular weight excluding hydrogens is 620 g/mol. The summed E-state index contributed by atoms with van der Waals surface area (Å²) in [5, 5.41) is 41.4. The number of carbonyl (C=O) groups excluding carboxylic acids is 1. The average molecular weight is 701 g/mol. The standard InChI is InChI=1S/C41H80O8/c1-4-6-8-10-11-12-13-14-15-16-19-22-26-30-36(43)49-41-39(46)37(44)38(45)40(41)48-33-35(42)32-47-31-27-23-20-17-18-21-25-29-34(3)28-24-9-7-5-2/h34-35,37-42,44-46H,4-33H2,1-3H3/t34?,35-,37?,38-,39+,40?,41?/m0/s1. The Morgan fingerprint density at radius 3 is 1.51 bits per heavy atom. The van der Waals surface area contributed by atoms with Crippen LogP contribution in [0.2, 0.25) is 0 Å². The Morgan fingerprint density at radius 2 is 0.980 bits per heavy atom. The second-order valence-electron chi connectivity index (χ2n) is 15.2. The van der Waals surface area contributed by atoms with Crippen LogP contribution in [0.1, 0.15) is 194 Å². The smallest absolute Gasteiger partial charge is 0.306 e. The van der Waals surface area contributed by atoms with Gasteiger partial charge in [-0.2, -0.15) is 0 Å². The van der Waals surface area contributed by atoms with E-state index in [2.05, 4.69) is 20.8 Å². The molecule has 1 aliphatic carbocycles. The number of aliphatic hydroxyl groups is 4. The lowest BCUT2D eigenvalue weighted by Gasteiger charge is -2.24. The largest absolute Gasteiger partial charge is 0.457 e. The van der Waals surface area contributed by atoms with Gasteiger partial charge in [0, 0.05) is 13.0 Å². The van der Waals surface area contributed by atoms with Gasteiger partial charge in [-0.05, 0) is 18.8 Å². The van der Waals surface area contributed by atoms with Gasteiger partial charge in [-0.3, -0.25) is 4.79 Å². The molecule has 1 fully saturated rings. The molecule has 1 rings (SSSR count). The molecule has 0 saturated heterocycles. The monoisotopic (exact) mass is 701 g/mol. The summed E-state index contributed by atoms with van der Waals surface area (Å²) >= 11 is 0. The molecule has 0 aliphatic heterocycles. The highest BCUT2D eigenvalue weighted by atomic mass is 16.6. The number of unbranched alkanes of at least 4 members (excludes halogenated alkanes) is 21. The van der Waals surface area contributed by atoms with Crippen molar-refractivity contribution in [2.45, 2.75) is 231 Å². The van der Waals surface area contributed by atoms with Gasteiger partial charge in [-0.25, -0.2) is 0 Å². The highest BCUT2D eigenvalue weighted by Gasteiger charge is 2.52. The van der Waals surface area contributed by atoms with E-state index in [9.17, 15) is 25.2 Å². The summed E-state index contributed by atoms with van der Waals surface area (Å²) in [7, 11) is 0. The van der Waals surface area contributed by atoms with Crippen LogP contribution in [0.15, 0.2) is 0 Å². The van der Waals surface area contributed by atoms with Gasteiger partial charge in [-0.15, -0.1) is 0 Å². The lowest BCUT2D eigenvalue weighted by Crippen LogP contribution is -2.41. The quantitative estimate of drug-likeness (QED) is 0.0382. The molecule has 292 valence electrons. The molecular formula is C41H80O8. The second-order valence-corrected chi connectivity index (χ2v) is 15.2. The van der Waals surface area contributed by atoms with Crippen molar-refractivity contribution in [1.82, 2.24) is 0 Å². The van der Waals surface area contributed by atoms with Gasteiger partial charge in [0.2, 0.25) is 0 Å². The highest BCUT2D eigenvalue weighted by Crippen LogP contribution is 2.28. The fraction of sp³-hybridized carbons (Fsp3) is 0.976. The minimum absolute atomic E-state index is 0.0913. The highest BCUT2D eigenvalue weighted by molar-refractivity contribution is 5.69. The Kier molecular flexibility index (Phi) is 30.1. The SMILES string of the molecule is CCCCCCCCCCCCCCCC(=O)OC1C(OC[C@@H](O)COCCCCCCCCCC(C)CCCCCC)[C@@H](O)C(O)[C@H]1O. The van der Waals surface area contributed by atoms with Crippen molar-refractivity contribution >= 4 is 5.97 Å². The van der Waals surface area contributed by atoms with Gasteiger partial charge in [0.15, 0.2) is 6.10 Å². The first-order valence-electron chi connectivity index (χ1n) is 20.9. The van der Waals surface area contributed by atoms with Crippen LogP contribution >= 0.6 is 0 Å². The molecule has 0 aromatic rings. The number of hydrogen-bond donors (Lipinski definition) is 4. The lowest BCUT2D eigenvalue weighted by molar-refractivity contribution is -0.168. The predicted molar refractivity (Wildman–Crippen MR) is 200 cm³/mol. The fourth-order valence-electron chi connectivity index (χ4n) is 6.94. The van der Waals surface area contributed by atoms with Crippen LogP contribution in [0.5, 0.6) is 0 Å². The molecule has 1 aliphatic rings. The van der Waals surface area contributed by atoms with E-state index in [0.717, 1.165) is 31.6 Å². The molecule has 1 saturated carbocycles. The lowest BCUT2D eigenvalue weighted by atomic mass is 9.96. The molecule has 4 unspecified atom stereocenters. The number of esters is 1. The maximum absolute atomic E-state index is 12.5. The van der Waals surface area contributed by atoms with Crippen LogP contribution in [0, 0.1) is 5.92 Å². The van der Waals surface area contributed by atoms with Gasteiger partial charge in [-0.1, -0.05) is 175 Å². The minimum Gasteiger partial charge on any atom is -0.457 e. The van der Waals surface area contributed by atoms with E-state index < -0.39 is 42.6 Å². The third-order valence-electron chi connectivity index (χ3n) is 10.3. The van der Waals surface area contributed by atoms with E-state index in [1.807, 2.05) is 0 Å². The summed E-state index contributed by atoms with van der Waals surface area (Å²) in [4.78, 5) is 12.5. The van der Waals surface area contributed by atoms with E-state index in [4.69, 9.17) is 14.2 Å². The first kappa shape index (κ1) is 46.3. The Bertz CT molecular complexity index is 736. The third-order valence-corrected chi connectivity index (χ3v) is 10.3. The van der Waals surface area contributed by atoms with E-state index >= 15 is 0 Å². The van der Waals surface area contributed by atoms with Crippen molar-refractivity contribution in [2.24, 2.45) is 5.92 Å². The second kappa shape index (κ2) is 31.9. The molecule has 0 radical (unpaired) electrons. The molecule has 0 aromatic carbocycles. The number of ether oxygens (including phenoxy) is 3. The minimum atomic E-state index is -1.49. The van der Waals surface area contributed by atoms with Crippen LogP contribution in [-0.2, 0) is 19.0 Å². The first-order valence-corrected chi connectivity index (χ1v) is 20.9. The maximum atomic E-state index is 12.5. The summed E-state index contributed by atoms with van der Waals surface area (Å²) in [5.41, 5.74) is 0. The zero-order chi connectivity index (χ0) is 36.0. The van der Waals surface area contributed by atoms with E-state index in [1.54, 1.807) is 0 Å². The van der Waals surface area contributed by atoms with Gasteiger partial charge in [0.25, 0.3) is 0 Å². The molecule has 0 amide bonds. The summed E-state index contributed by atoms with van der Waals surface area (Å²) in [6.07, 6.45) is 25.1. The summed E-state index contributed by atoms with van der Waals surface area (Å²) in [6.45, 7) is 7.41. The third kappa shape index (κ3) is 24.2. The molecule has 0 spiro atoms. The van der Waals surface area contributed by atoms with Crippen LogP contribution < -0.4 is 0 Å². The van der Waals surface area contributed by atoms with Crippen molar-refractivity contribution < 1.29 is 39.4 Å². The molecule has 49 heavy (non-hydrogen) atoms. The average Bonchev–Trinajstić information content (AvgIpc) is 3.28. The van der Waals surface area contributed by atoms with Gasteiger partial charge in [0.05, 0.1) is 13.2 Å². The van der Waals surface area contributed by atoms with Crippen molar-refractivity contribution in [3.05, 3.63) is 0 Å². The summed E-state index contributed by atoms with van der Waals surface area (Å²) < 4.78 is 16.8. The molecule has 0 bridgehead atoms. The van der Waals surface area contributed by atoms with Crippen LogP contribution in [0.3, 0.4) is 0 Å². The van der Waals surface area contributed by atoms with E-state index in [1.165, 1.54) is 135 Å². The van der Waals surface area contributed by atoms with Crippen LogP contribution in [-0.4, -0.2) is 82.8 Å². The molecule has 8 nitrogen and oxygen atoms in total. The molecule has 0 aromatic heterocycles. The topological polar surface area (TPSA) is 126 Å². The molecule has 4 N–H and O–H groups in total. The Hall–Kier alpha value is -0.770. The molecule has 8 heteroatoms. The Morgan fingerprint density at radius 1 is 0.551 bits per heavy atom. The molecule has 0 heterocycles. The summed E-state index contributed by atoms with van der Waals surface area (Å²) in [6, 6.07) is 0. The van der Waals surface area contributed by atoms with Crippen LogP contribution in [0.25, 0.3) is 0 Å². The van der Waals surface area contributed by atoms with Crippen LogP contribution in [0.4, 0.5) is 0 Å².